The van der Waals surface area contributed by atoms with Crippen molar-refractivity contribution in [3.63, 3.8) is 0 Å². The number of ketones is 1. The van der Waals surface area contributed by atoms with Gasteiger partial charge in [-0.1, -0.05) is 25.7 Å². The summed E-state index contributed by atoms with van der Waals surface area (Å²) >= 11 is 0. The fourth-order valence-electron chi connectivity index (χ4n) is 2.45. The zero-order valence-corrected chi connectivity index (χ0v) is 11.5. The van der Waals surface area contributed by atoms with Crippen LogP contribution in [0.1, 0.15) is 59.3 Å². The van der Waals surface area contributed by atoms with Gasteiger partial charge < -0.3 is 9.47 Å². The van der Waals surface area contributed by atoms with Gasteiger partial charge in [0.05, 0.1) is 6.10 Å². The molecule has 1 saturated carbocycles. The van der Waals surface area contributed by atoms with Crippen molar-refractivity contribution < 1.29 is 14.3 Å². The van der Waals surface area contributed by atoms with Gasteiger partial charge in [0, 0.05) is 6.61 Å². The van der Waals surface area contributed by atoms with Crippen LogP contribution in [0, 0.1) is 0 Å². The maximum Gasteiger partial charge on any atom is 0.190 e. The molecule has 0 aromatic heterocycles. The minimum Gasteiger partial charge on any atom is -0.371 e. The van der Waals surface area contributed by atoms with E-state index in [2.05, 4.69) is 0 Å². The van der Waals surface area contributed by atoms with E-state index in [0.717, 1.165) is 25.7 Å². The lowest BCUT2D eigenvalue weighted by Gasteiger charge is -2.31. The highest BCUT2D eigenvalue weighted by molar-refractivity contribution is 5.88. The molecule has 0 aliphatic heterocycles. The lowest BCUT2D eigenvalue weighted by atomic mass is 9.89. The summed E-state index contributed by atoms with van der Waals surface area (Å²) in [6.07, 6.45) is 6.44. The van der Waals surface area contributed by atoms with Crippen LogP contribution in [0.2, 0.25) is 0 Å². The van der Waals surface area contributed by atoms with Gasteiger partial charge in [0.15, 0.2) is 5.78 Å². The molecule has 0 amide bonds. The second-order valence-corrected chi connectivity index (χ2v) is 5.12. The Kier molecular flexibility index (Phi) is 6.14. The van der Waals surface area contributed by atoms with Crippen LogP contribution in [0.4, 0.5) is 0 Å². The summed E-state index contributed by atoms with van der Waals surface area (Å²) in [7, 11) is 0. The quantitative estimate of drug-likeness (QED) is 0.671. The van der Waals surface area contributed by atoms with Crippen LogP contribution in [-0.4, -0.2) is 30.7 Å². The number of carbonyl (C=O) groups is 1. The number of rotatable bonds is 6. The van der Waals surface area contributed by atoms with Crippen LogP contribution >= 0.6 is 0 Å². The van der Waals surface area contributed by atoms with Crippen LogP contribution in [0.25, 0.3) is 0 Å². The van der Waals surface area contributed by atoms with Crippen molar-refractivity contribution in [3.8, 4) is 0 Å². The first kappa shape index (κ1) is 14.7. The Labute approximate surface area is 105 Å². The van der Waals surface area contributed by atoms with Gasteiger partial charge in [0.2, 0.25) is 0 Å². The summed E-state index contributed by atoms with van der Waals surface area (Å²) in [5.74, 6) is 0.134. The van der Waals surface area contributed by atoms with Gasteiger partial charge in [0.25, 0.3) is 0 Å². The first-order valence-corrected chi connectivity index (χ1v) is 6.89. The van der Waals surface area contributed by atoms with Crippen molar-refractivity contribution in [1.82, 2.24) is 0 Å². The molecule has 0 aromatic rings. The monoisotopic (exact) mass is 242 g/mol. The van der Waals surface area contributed by atoms with Crippen molar-refractivity contribution in [2.24, 2.45) is 0 Å². The Morgan fingerprint density at radius 3 is 2.24 bits per heavy atom. The van der Waals surface area contributed by atoms with Crippen molar-refractivity contribution in [3.05, 3.63) is 0 Å². The fourth-order valence-corrected chi connectivity index (χ4v) is 2.45. The normalized spacial score (nSPS) is 20.2. The third-order valence-corrected chi connectivity index (χ3v) is 3.39. The zero-order chi connectivity index (χ0) is 12.7. The molecule has 1 fully saturated rings. The average molecular weight is 242 g/mol. The van der Waals surface area contributed by atoms with E-state index >= 15 is 0 Å². The van der Waals surface area contributed by atoms with E-state index in [1.807, 2.05) is 20.8 Å². The first-order valence-electron chi connectivity index (χ1n) is 6.89. The van der Waals surface area contributed by atoms with Crippen LogP contribution in [-0.2, 0) is 14.3 Å². The van der Waals surface area contributed by atoms with E-state index in [1.165, 1.54) is 12.8 Å². The molecule has 1 rings (SSSR count). The number of hydrogen-bond acceptors (Lipinski definition) is 3. The molecular weight excluding hydrogens is 216 g/mol. The van der Waals surface area contributed by atoms with Gasteiger partial charge in [0.1, 0.15) is 12.2 Å². The second kappa shape index (κ2) is 7.12. The van der Waals surface area contributed by atoms with E-state index in [0.29, 0.717) is 6.61 Å². The number of hydrogen-bond donors (Lipinski definition) is 0. The van der Waals surface area contributed by atoms with Gasteiger partial charge in [-0.05, 0) is 33.6 Å². The largest absolute Gasteiger partial charge is 0.371 e. The highest BCUT2D eigenvalue weighted by atomic mass is 16.5. The highest BCUT2D eigenvalue weighted by Gasteiger charge is 2.38. The van der Waals surface area contributed by atoms with Crippen molar-refractivity contribution in [2.75, 3.05) is 13.2 Å². The molecule has 0 N–H and O–H groups in total. The minimum atomic E-state index is -0.555. The lowest BCUT2D eigenvalue weighted by Crippen LogP contribution is -2.44. The number of ether oxygens (including phenoxy) is 2. The third kappa shape index (κ3) is 4.40. The van der Waals surface area contributed by atoms with Crippen molar-refractivity contribution in [2.45, 2.75) is 71.0 Å². The molecule has 3 nitrogen and oxygen atoms in total. The van der Waals surface area contributed by atoms with E-state index in [-0.39, 0.29) is 18.5 Å². The molecule has 0 spiro atoms. The molecule has 0 aromatic carbocycles. The Morgan fingerprint density at radius 1 is 1.18 bits per heavy atom. The van der Waals surface area contributed by atoms with Crippen LogP contribution in [0.5, 0.6) is 0 Å². The zero-order valence-electron chi connectivity index (χ0n) is 11.5. The van der Waals surface area contributed by atoms with Crippen LogP contribution < -0.4 is 0 Å². The summed E-state index contributed by atoms with van der Waals surface area (Å²) in [5.41, 5.74) is -0.555. The molecule has 1 aliphatic carbocycles. The molecule has 100 valence electrons. The molecule has 3 heteroatoms. The summed E-state index contributed by atoms with van der Waals surface area (Å²) in [6, 6.07) is 0. The molecule has 0 atom stereocenters. The van der Waals surface area contributed by atoms with Crippen LogP contribution in [0.3, 0.4) is 0 Å². The Morgan fingerprint density at radius 2 is 1.76 bits per heavy atom. The molecule has 0 radical (unpaired) electrons. The third-order valence-electron chi connectivity index (χ3n) is 3.39. The van der Waals surface area contributed by atoms with Gasteiger partial charge >= 0.3 is 0 Å². The molecule has 17 heavy (non-hydrogen) atoms. The van der Waals surface area contributed by atoms with Gasteiger partial charge in [-0.25, -0.2) is 0 Å². The fraction of sp³-hybridized carbons (Fsp3) is 0.929. The first-order chi connectivity index (χ1) is 8.10. The Balaban J connectivity index is 2.64. The second-order valence-electron chi connectivity index (χ2n) is 5.12. The molecule has 0 heterocycles. The SMILES string of the molecule is CCOC1(C(=O)COC(C)C)CCCCCC1. The molecule has 0 saturated heterocycles. The number of Topliss-reactive ketones (excluding diaryl/α,β-unsaturated/α-hetero) is 1. The summed E-state index contributed by atoms with van der Waals surface area (Å²) in [4.78, 5) is 12.3. The maximum absolute atomic E-state index is 12.3. The average Bonchev–Trinajstić information content (AvgIpc) is 2.53. The summed E-state index contributed by atoms with van der Waals surface area (Å²) < 4.78 is 11.3. The van der Waals surface area contributed by atoms with Crippen molar-refractivity contribution >= 4 is 5.78 Å². The summed E-state index contributed by atoms with van der Waals surface area (Å²) in [5, 5.41) is 0. The molecule has 1 aliphatic rings. The van der Waals surface area contributed by atoms with Crippen LogP contribution in [0.15, 0.2) is 0 Å². The van der Waals surface area contributed by atoms with E-state index in [4.69, 9.17) is 9.47 Å². The Hall–Kier alpha value is -0.410. The predicted octanol–water partition coefficient (Wildman–Crippen LogP) is 3.11. The molecule has 0 unspecified atom stereocenters. The van der Waals surface area contributed by atoms with E-state index in [1.54, 1.807) is 0 Å². The molecule has 0 bridgehead atoms. The van der Waals surface area contributed by atoms with E-state index < -0.39 is 5.60 Å². The number of carbonyl (C=O) groups excluding carboxylic acids is 1. The molecular formula is C14H26O3. The van der Waals surface area contributed by atoms with Gasteiger partial charge in [-0.3, -0.25) is 4.79 Å². The van der Waals surface area contributed by atoms with Crippen molar-refractivity contribution in [1.29, 1.82) is 0 Å². The maximum atomic E-state index is 12.3. The lowest BCUT2D eigenvalue weighted by molar-refractivity contribution is -0.152. The van der Waals surface area contributed by atoms with Gasteiger partial charge in [-0.15, -0.1) is 0 Å². The van der Waals surface area contributed by atoms with E-state index in [9.17, 15) is 4.79 Å². The van der Waals surface area contributed by atoms with Gasteiger partial charge in [-0.2, -0.15) is 0 Å². The highest BCUT2D eigenvalue weighted by Crippen LogP contribution is 2.31. The smallest absolute Gasteiger partial charge is 0.190 e. The predicted molar refractivity (Wildman–Crippen MR) is 68.2 cm³/mol. The topological polar surface area (TPSA) is 35.5 Å². The summed E-state index contributed by atoms with van der Waals surface area (Å²) in [6.45, 7) is 6.66. The Bertz CT molecular complexity index is 228. The minimum absolute atomic E-state index is 0.100. The standard InChI is InChI=1S/C14H26O3/c1-4-17-14(9-7-5-6-8-10-14)13(15)11-16-12(2)3/h12H,4-11H2,1-3H3.